The maximum absolute atomic E-state index is 11.5. The highest BCUT2D eigenvalue weighted by molar-refractivity contribution is 5.75. The zero-order valence-corrected chi connectivity index (χ0v) is 12.6. The first kappa shape index (κ1) is 16.0. The largest absolute Gasteiger partial charge is 0.489 e. The summed E-state index contributed by atoms with van der Waals surface area (Å²) in [6, 6.07) is 17.8. The molecule has 4 nitrogen and oxygen atoms in total. The summed E-state index contributed by atoms with van der Waals surface area (Å²) in [5.74, 6) is 0.903. The topological polar surface area (TPSA) is 64.4 Å². The second-order valence-electron chi connectivity index (χ2n) is 5.09. The molecule has 0 aliphatic carbocycles. The predicted octanol–water partition coefficient (Wildman–Crippen LogP) is 2.62. The van der Waals surface area contributed by atoms with Crippen LogP contribution < -0.4 is 15.8 Å². The van der Waals surface area contributed by atoms with Gasteiger partial charge in [-0.3, -0.25) is 4.79 Å². The highest BCUT2D eigenvalue weighted by Gasteiger charge is 2.01. The Kier molecular flexibility index (Phi) is 6.45. The second-order valence-corrected chi connectivity index (χ2v) is 5.09. The molecule has 0 fully saturated rings. The first-order valence-corrected chi connectivity index (χ1v) is 7.50. The number of carbonyl (C=O) groups excluding carboxylic acids is 1. The van der Waals surface area contributed by atoms with Crippen LogP contribution in [-0.2, 0) is 17.9 Å². The molecule has 0 aliphatic rings. The standard InChI is InChI=1S/C18H22N2O2/c19-12-4-7-18(21)20-13-15-8-10-16(11-9-15)14-22-17-5-2-1-3-6-17/h1-3,5-6,8-11H,4,7,12-14,19H2,(H,20,21). The number of nitrogens with one attached hydrogen (secondary N) is 1. The van der Waals surface area contributed by atoms with E-state index in [9.17, 15) is 4.79 Å². The van der Waals surface area contributed by atoms with Crippen molar-refractivity contribution < 1.29 is 9.53 Å². The SMILES string of the molecule is NCCCC(=O)NCc1ccc(COc2ccccc2)cc1. The molecule has 1 amide bonds. The van der Waals surface area contributed by atoms with Gasteiger partial charge in [-0.1, -0.05) is 42.5 Å². The summed E-state index contributed by atoms with van der Waals surface area (Å²) in [7, 11) is 0. The molecule has 0 aliphatic heterocycles. The van der Waals surface area contributed by atoms with Crippen LogP contribution in [0.4, 0.5) is 0 Å². The molecule has 0 unspecified atom stereocenters. The molecule has 4 heteroatoms. The van der Waals surface area contributed by atoms with Gasteiger partial charge in [-0.2, -0.15) is 0 Å². The minimum Gasteiger partial charge on any atom is -0.489 e. The molecule has 0 radical (unpaired) electrons. The van der Waals surface area contributed by atoms with E-state index in [-0.39, 0.29) is 5.91 Å². The van der Waals surface area contributed by atoms with Crippen molar-refractivity contribution in [2.75, 3.05) is 6.54 Å². The molecule has 0 saturated heterocycles. The lowest BCUT2D eigenvalue weighted by Crippen LogP contribution is -2.23. The fraction of sp³-hybridized carbons (Fsp3) is 0.278. The molecule has 0 aromatic heterocycles. The van der Waals surface area contributed by atoms with Gasteiger partial charge in [0.05, 0.1) is 0 Å². The maximum atomic E-state index is 11.5. The average Bonchev–Trinajstić information content (AvgIpc) is 2.58. The summed E-state index contributed by atoms with van der Waals surface area (Å²) < 4.78 is 5.69. The molecule has 3 N–H and O–H groups in total. The number of amides is 1. The molecule has 0 heterocycles. The molecule has 22 heavy (non-hydrogen) atoms. The third-order valence-electron chi connectivity index (χ3n) is 3.27. The Labute approximate surface area is 131 Å². The Morgan fingerprint density at radius 1 is 1.00 bits per heavy atom. The minimum absolute atomic E-state index is 0.0435. The molecule has 0 saturated carbocycles. The number of hydrogen-bond donors (Lipinski definition) is 2. The van der Waals surface area contributed by atoms with E-state index in [1.807, 2.05) is 54.6 Å². The molecule has 116 valence electrons. The van der Waals surface area contributed by atoms with Gasteiger partial charge < -0.3 is 15.8 Å². The molecule has 0 spiro atoms. The lowest BCUT2D eigenvalue weighted by Gasteiger charge is -2.08. The molecule has 0 bridgehead atoms. The summed E-state index contributed by atoms with van der Waals surface area (Å²) >= 11 is 0. The zero-order chi connectivity index (χ0) is 15.6. The van der Waals surface area contributed by atoms with E-state index in [2.05, 4.69) is 5.32 Å². The normalized spacial score (nSPS) is 10.2. The van der Waals surface area contributed by atoms with Crippen LogP contribution in [0.15, 0.2) is 54.6 Å². The first-order valence-electron chi connectivity index (χ1n) is 7.50. The number of carbonyl (C=O) groups is 1. The molecule has 0 atom stereocenters. The summed E-state index contributed by atoms with van der Waals surface area (Å²) in [4.78, 5) is 11.5. The van der Waals surface area contributed by atoms with Gasteiger partial charge in [0.2, 0.25) is 5.91 Å². The summed E-state index contributed by atoms with van der Waals surface area (Å²) in [6.45, 7) is 1.62. The van der Waals surface area contributed by atoms with Crippen LogP contribution in [-0.4, -0.2) is 12.5 Å². The monoisotopic (exact) mass is 298 g/mol. The highest BCUT2D eigenvalue weighted by Crippen LogP contribution is 2.12. The Balaban J connectivity index is 1.76. The fourth-order valence-corrected chi connectivity index (χ4v) is 1.99. The van der Waals surface area contributed by atoms with E-state index in [0.29, 0.717) is 26.1 Å². The maximum Gasteiger partial charge on any atom is 0.220 e. The van der Waals surface area contributed by atoms with Gasteiger partial charge in [-0.25, -0.2) is 0 Å². The van der Waals surface area contributed by atoms with Gasteiger partial charge in [0.15, 0.2) is 0 Å². The Morgan fingerprint density at radius 2 is 1.68 bits per heavy atom. The Morgan fingerprint density at radius 3 is 2.36 bits per heavy atom. The third kappa shape index (κ3) is 5.58. The highest BCUT2D eigenvalue weighted by atomic mass is 16.5. The Bertz CT molecular complexity index is 567. The van der Waals surface area contributed by atoms with Crippen molar-refractivity contribution in [3.05, 3.63) is 65.7 Å². The van der Waals surface area contributed by atoms with Crippen LogP contribution in [0.5, 0.6) is 5.75 Å². The molecular formula is C18H22N2O2. The van der Waals surface area contributed by atoms with Gasteiger partial charge in [-0.15, -0.1) is 0 Å². The molecule has 2 aromatic rings. The second kappa shape index (κ2) is 8.85. The average molecular weight is 298 g/mol. The summed E-state index contributed by atoms with van der Waals surface area (Å²) in [6.07, 6.45) is 1.21. The van der Waals surface area contributed by atoms with Crippen molar-refractivity contribution in [1.29, 1.82) is 0 Å². The number of rotatable bonds is 8. The van der Waals surface area contributed by atoms with Crippen molar-refractivity contribution in [3.8, 4) is 5.75 Å². The van der Waals surface area contributed by atoms with E-state index in [1.165, 1.54) is 0 Å². The van der Waals surface area contributed by atoms with Gasteiger partial charge >= 0.3 is 0 Å². The van der Waals surface area contributed by atoms with E-state index in [4.69, 9.17) is 10.5 Å². The van der Waals surface area contributed by atoms with Gasteiger partial charge in [0.25, 0.3) is 0 Å². The van der Waals surface area contributed by atoms with Crippen molar-refractivity contribution in [3.63, 3.8) is 0 Å². The van der Waals surface area contributed by atoms with Gasteiger partial charge in [-0.05, 0) is 36.2 Å². The summed E-state index contributed by atoms with van der Waals surface area (Å²) in [5, 5.41) is 2.89. The van der Waals surface area contributed by atoms with Crippen LogP contribution in [0.25, 0.3) is 0 Å². The van der Waals surface area contributed by atoms with Crippen molar-refractivity contribution in [2.24, 2.45) is 5.73 Å². The minimum atomic E-state index is 0.0435. The number of nitrogens with two attached hydrogens (primary N) is 1. The van der Waals surface area contributed by atoms with Crippen LogP contribution in [0, 0.1) is 0 Å². The van der Waals surface area contributed by atoms with E-state index in [1.54, 1.807) is 0 Å². The third-order valence-corrected chi connectivity index (χ3v) is 3.27. The number of benzene rings is 2. The van der Waals surface area contributed by atoms with Crippen molar-refractivity contribution in [1.82, 2.24) is 5.32 Å². The fourth-order valence-electron chi connectivity index (χ4n) is 1.99. The molecule has 2 rings (SSSR count). The van der Waals surface area contributed by atoms with Crippen molar-refractivity contribution >= 4 is 5.91 Å². The van der Waals surface area contributed by atoms with E-state index >= 15 is 0 Å². The first-order chi connectivity index (χ1) is 10.8. The summed E-state index contributed by atoms with van der Waals surface area (Å²) in [5.41, 5.74) is 7.55. The quantitative estimate of drug-likeness (QED) is 0.787. The zero-order valence-electron chi connectivity index (χ0n) is 12.6. The van der Waals surface area contributed by atoms with Crippen LogP contribution in [0.2, 0.25) is 0 Å². The number of para-hydroxylation sites is 1. The van der Waals surface area contributed by atoms with Crippen LogP contribution in [0.3, 0.4) is 0 Å². The van der Waals surface area contributed by atoms with Crippen LogP contribution in [0.1, 0.15) is 24.0 Å². The van der Waals surface area contributed by atoms with E-state index < -0.39 is 0 Å². The number of hydrogen-bond acceptors (Lipinski definition) is 3. The van der Waals surface area contributed by atoms with Gasteiger partial charge in [0.1, 0.15) is 12.4 Å². The smallest absolute Gasteiger partial charge is 0.220 e. The van der Waals surface area contributed by atoms with Crippen LogP contribution >= 0.6 is 0 Å². The van der Waals surface area contributed by atoms with Gasteiger partial charge in [0, 0.05) is 13.0 Å². The van der Waals surface area contributed by atoms with E-state index in [0.717, 1.165) is 23.3 Å². The molecular weight excluding hydrogens is 276 g/mol. The lowest BCUT2D eigenvalue weighted by molar-refractivity contribution is -0.121. The predicted molar refractivity (Wildman–Crippen MR) is 87.4 cm³/mol. The Hall–Kier alpha value is -2.33. The lowest BCUT2D eigenvalue weighted by atomic mass is 10.1. The molecule has 2 aromatic carbocycles. The number of ether oxygens (including phenoxy) is 1. The van der Waals surface area contributed by atoms with Crippen molar-refractivity contribution in [2.45, 2.75) is 26.0 Å².